The molecule has 0 saturated carbocycles. The molecule has 1 aromatic carbocycles. The summed E-state index contributed by atoms with van der Waals surface area (Å²) in [7, 11) is -2.21. The van der Waals surface area contributed by atoms with Crippen LogP contribution in [0.1, 0.15) is 18.4 Å². The van der Waals surface area contributed by atoms with Crippen molar-refractivity contribution in [2.24, 2.45) is 7.05 Å². The maximum atomic E-state index is 12.4. The predicted molar refractivity (Wildman–Crippen MR) is 81.9 cm³/mol. The van der Waals surface area contributed by atoms with Crippen molar-refractivity contribution in [2.45, 2.75) is 17.6 Å². The Morgan fingerprint density at radius 1 is 1.32 bits per heavy atom. The van der Waals surface area contributed by atoms with Gasteiger partial charge in [0, 0.05) is 6.08 Å². The van der Waals surface area contributed by atoms with Gasteiger partial charge in [0.1, 0.15) is 5.75 Å². The van der Waals surface area contributed by atoms with E-state index in [2.05, 4.69) is 4.98 Å². The fraction of sp³-hybridized carbons (Fsp3) is 0.214. The second-order valence-corrected chi connectivity index (χ2v) is 6.62. The normalized spacial score (nSPS) is 11.9. The molecule has 8 heteroatoms. The first-order valence-electron chi connectivity index (χ1n) is 6.47. The number of aromatic nitrogens is 2. The highest BCUT2D eigenvalue weighted by Gasteiger charge is 2.28. The van der Waals surface area contributed by atoms with E-state index < -0.39 is 20.5 Å². The summed E-state index contributed by atoms with van der Waals surface area (Å²) in [4.78, 5) is 14.8. The Kier molecular flexibility index (Phi) is 4.41. The maximum absolute atomic E-state index is 12.4. The second kappa shape index (κ2) is 6.10. The van der Waals surface area contributed by atoms with Crippen LogP contribution in [0.4, 0.5) is 5.82 Å². The third-order valence-electron chi connectivity index (χ3n) is 3.09. The van der Waals surface area contributed by atoms with Crippen molar-refractivity contribution in [2.75, 3.05) is 0 Å². The highest BCUT2D eigenvalue weighted by molar-refractivity contribution is 7.90. The number of nitro groups is 1. The quantitative estimate of drug-likeness (QED) is 0.622. The standard InChI is InChI=1S/C14H15N3O4S/c1-3-7-13-15-12(14(16(13)2)17(18)19)10-22(20,21)11-8-5-4-6-9-11/h3-9H,10H2,1-2H3/b7-3+. The summed E-state index contributed by atoms with van der Waals surface area (Å²) in [6.45, 7) is 1.75. The highest BCUT2D eigenvalue weighted by atomic mass is 32.2. The number of rotatable bonds is 5. The molecule has 116 valence electrons. The van der Waals surface area contributed by atoms with E-state index in [1.165, 1.54) is 23.7 Å². The van der Waals surface area contributed by atoms with Crippen LogP contribution in [-0.4, -0.2) is 22.9 Å². The summed E-state index contributed by atoms with van der Waals surface area (Å²) in [5.74, 6) is -0.487. The molecule has 0 bridgehead atoms. The Labute approximate surface area is 128 Å². The lowest BCUT2D eigenvalue weighted by molar-refractivity contribution is -0.392. The Hall–Kier alpha value is -2.48. The molecule has 0 aliphatic carbocycles. The van der Waals surface area contributed by atoms with E-state index in [0.29, 0.717) is 5.82 Å². The zero-order valence-electron chi connectivity index (χ0n) is 12.1. The van der Waals surface area contributed by atoms with Crippen molar-refractivity contribution in [3.8, 4) is 0 Å². The number of hydrogen-bond donors (Lipinski definition) is 0. The van der Waals surface area contributed by atoms with Gasteiger partial charge in [-0.1, -0.05) is 24.3 Å². The molecule has 1 aromatic heterocycles. The van der Waals surface area contributed by atoms with Gasteiger partial charge in [0.15, 0.2) is 15.5 Å². The van der Waals surface area contributed by atoms with Crippen molar-refractivity contribution in [1.82, 2.24) is 9.55 Å². The van der Waals surface area contributed by atoms with Crippen LogP contribution in [0.3, 0.4) is 0 Å². The monoisotopic (exact) mass is 321 g/mol. The molecule has 7 nitrogen and oxygen atoms in total. The van der Waals surface area contributed by atoms with Gasteiger partial charge in [-0.3, -0.25) is 0 Å². The molecule has 0 atom stereocenters. The molecule has 0 radical (unpaired) electrons. The number of imidazole rings is 1. The lowest BCUT2D eigenvalue weighted by atomic mass is 10.4. The fourth-order valence-electron chi connectivity index (χ4n) is 2.08. The van der Waals surface area contributed by atoms with E-state index in [0.717, 1.165) is 0 Å². The zero-order chi connectivity index (χ0) is 16.3. The van der Waals surface area contributed by atoms with E-state index >= 15 is 0 Å². The number of sulfone groups is 1. The van der Waals surface area contributed by atoms with Crippen LogP contribution in [0.15, 0.2) is 41.3 Å². The molecule has 2 rings (SSSR count). The van der Waals surface area contributed by atoms with Crippen LogP contribution in [0.5, 0.6) is 0 Å². The SMILES string of the molecule is C/C=C/c1nc(CS(=O)(=O)c2ccccc2)c([N+](=O)[O-])n1C. The number of benzene rings is 1. The van der Waals surface area contributed by atoms with Gasteiger partial charge in [-0.05, 0) is 24.0 Å². The van der Waals surface area contributed by atoms with Gasteiger partial charge in [0.25, 0.3) is 0 Å². The van der Waals surface area contributed by atoms with Gasteiger partial charge in [0.05, 0.1) is 11.9 Å². The van der Waals surface area contributed by atoms with Gasteiger partial charge in [-0.15, -0.1) is 0 Å². The summed E-state index contributed by atoms with van der Waals surface area (Å²) < 4.78 is 26.0. The molecule has 1 heterocycles. The largest absolute Gasteiger partial charge is 0.358 e. The molecular formula is C14H15N3O4S. The van der Waals surface area contributed by atoms with Gasteiger partial charge in [-0.25, -0.2) is 18.0 Å². The lowest BCUT2D eigenvalue weighted by Gasteiger charge is -2.02. The van der Waals surface area contributed by atoms with Gasteiger partial charge in [0.2, 0.25) is 5.82 Å². The average Bonchev–Trinajstić information content (AvgIpc) is 2.76. The summed E-state index contributed by atoms with van der Waals surface area (Å²) in [5, 5.41) is 11.2. The van der Waals surface area contributed by atoms with Crippen LogP contribution in [0.25, 0.3) is 6.08 Å². The fourth-order valence-corrected chi connectivity index (χ4v) is 3.37. The second-order valence-electron chi connectivity index (χ2n) is 4.63. The Bertz CT molecular complexity index is 823. The smallest absolute Gasteiger partial charge is 0.347 e. The van der Waals surface area contributed by atoms with Gasteiger partial charge < -0.3 is 10.1 Å². The third kappa shape index (κ3) is 3.06. The zero-order valence-corrected chi connectivity index (χ0v) is 12.9. The first-order chi connectivity index (χ1) is 10.4. The molecule has 0 aliphatic rings. The van der Waals surface area contributed by atoms with Crippen molar-refractivity contribution in [3.05, 3.63) is 58.0 Å². The summed E-state index contributed by atoms with van der Waals surface area (Å²) in [6, 6.07) is 7.82. The topological polar surface area (TPSA) is 95.1 Å². The van der Waals surface area contributed by atoms with E-state index in [4.69, 9.17) is 0 Å². The van der Waals surface area contributed by atoms with E-state index in [1.54, 1.807) is 37.3 Å². The lowest BCUT2D eigenvalue weighted by Crippen LogP contribution is -2.08. The Morgan fingerprint density at radius 3 is 2.50 bits per heavy atom. The highest BCUT2D eigenvalue weighted by Crippen LogP contribution is 2.24. The van der Waals surface area contributed by atoms with E-state index in [9.17, 15) is 18.5 Å². The summed E-state index contributed by atoms with van der Waals surface area (Å²) in [5.41, 5.74) is -0.0653. The summed E-state index contributed by atoms with van der Waals surface area (Å²) >= 11 is 0. The minimum absolute atomic E-state index is 0.0653. The van der Waals surface area contributed by atoms with Crippen LogP contribution in [-0.2, 0) is 22.6 Å². The van der Waals surface area contributed by atoms with Crippen molar-refractivity contribution < 1.29 is 13.3 Å². The van der Waals surface area contributed by atoms with Crippen LogP contribution in [0.2, 0.25) is 0 Å². The molecular weight excluding hydrogens is 306 g/mol. The molecule has 22 heavy (non-hydrogen) atoms. The Balaban J connectivity index is 2.50. The van der Waals surface area contributed by atoms with Crippen molar-refractivity contribution in [3.63, 3.8) is 0 Å². The molecule has 0 amide bonds. The van der Waals surface area contributed by atoms with Crippen molar-refractivity contribution >= 4 is 21.7 Å². The molecule has 0 aliphatic heterocycles. The summed E-state index contributed by atoms with van der Waals surface area (Å²) in [6.07, 6.45) is 3.27. The van der Waals surface area contributed by atoms with Crippen LogP contribution in [0, 0.1) is 10.1 Å². The molecule has 0 spiro atoms. The first-order valence-corrected chi connectivity index (χ1v) is 8.12. The maximum Gasteiger partial charge on any atom is 0.347 e. The molecule has 0 fully saturated rings. The van der Waals surface area contributed by atoms with Crippen LogP contribution >= 0.6 is 0 Å². The number of allylic oxidation sites excluding steroid dienone is 1. The van der Waals surface area contributed by atoms with E-state index in [1.807, 2.05) is 0 Å². The van der Waals surface area contributed by atoms with Crippen molar-refractivity contribution in [1.29, 1.82) is 0 Å². The Morgan fingerprint density at radius 2 is 1.95 bits per heavy atom. The minimum Gasteiger partial charge on any atom is -0.358 e. The first kappa shape index (κ1) is 15.9. The molecule has 0 unspecified atom stereocenters. The molecule has 2 aromatic rings. The number of hydrogen-bond acceptors (Lipinski definition) is 5. The molecule has 0 N–H and O–H groups in total. The predicted octanol–water partition coefficient (Wildman–Crippen LogP) is 2.34. The third-order valence-corrected chi connectivity index (χ3v) is 4.73. The van der Waals surface area contributed by atoms with Gasteiger partial charge in [-0.2, -0.15) is 0 Å². The minimum atomic E-state index is -3.69. The van der Waals surface area contributed by atoms with E-state index in [-0.39, 0.29) is 16.4 Å². The number of nitrogens with zero attached hydrogens (tertiary/aromatic N) is 3. The molecule has 0 saturated heterocycles. The van der Waals surface area contributed by atoms with Crippen LogP contribution < -0.4 is 0 Å². The van der Waals surface area contributed by atoms with Gasteiger partial charge >= 0.3 is 5.82 Å². The average molecular weight is 321 g/mol.